The lowest BCUT2D eigenvalue weighted by Gasteiger charge is -2.33. The Morgan fingerprint density at radius 1 is 1.20 bits per heavy atom. The lowest BCUT2D eigenvalue weighted by atomic mass is 10.00. The van der Waals surface area contributed by atoms with Gasteiger partial charge in [0.15, 0.2) is 0 Å². The summed E-state index contributed by atoms with van der Waals surface area (Å²) < 4.78 is 33.1. The average Bonchev–Trinajstić information content (AvgIpc) is 3.27. The number of aliphatic hydroxyl groups excluding tert-OH is 1. The van der Waals surface area contributed by atoms with Crippen LogP contribution in [0.15, 0.2) is 0 Å². The fraction of sp³-hybridized carbons (Fsp3) is 1.00. The second-order valence-electron chi connectivity index (χ2n) is 5.87. The van der Waals surface area contributed by atoms with E-state index in [1.807, 2.05) is 0 Å². The van der Waals surface area contributed by atoms with Gasteiger partial charge in [0, 0.05) is 39.9 Å². The van der Waals surface area contributed by atoms with Crippen molar-refractivity contribution in [1.82, 2.24) is 8.61 Å². The third kappa shape index (κ3) is 4.39. The maximum atomic E-state index is 12.4. The predicted octanol–water partition coefficient (Wildman–Crippen LogP) is 0.294. The van der Waals surface area contributed by atoms with Gasteiger partial charge in [-0.2, -0.15) is 17.0 Å². The Balaban J connectivity index is 1.73. The molecule has 0 spiro atoms. The quantitative estimate of drug-likeness (QED) is 0.655. The van der Waals surface area contributed by atoms with Crippen molar-refractivity contribution in [3.63, 3.8) is 0 Å². The molecule has 0 aromatic carbocycles. The van der Waals surface area contributed by atoms with Crippen molar-refractivity contribution in [1.29, 1.82) is 0 Å². The summed E-state index contributed by atoms with van der Waals surface area (Å²) in [5.74, 6) is 0.947. The fourth-order valence-corrected chi connectivity index (χ4v) is 3.73. The van der Waals surface area contributed by atoms with Crippen molar-refractivity contribution in [2.24, 2.45) is 11.8 Å². The number of piperidine rings is 1. The Kier molecular flexibility index (Phi) is 5.80. The third-order valence-corrected chi connectivity index (χ3v) is 6.14. The molecular formula is C13H26N2O4S. The molecule has 0 amide bonds. The molecule has 1 aliphatic carbocycles. The first kappa shape index (κ1) is 16.2. The van der Waals surface area contributed by atoms with Crippen molar-refractivity contribution in [3.8, 4) is 0 Å². The normalized spacial score (nSPS) is 22.6. The van der Waals surface area contributed by atoms with E-state index in [-0.39, 0.29) is 12.5 Å². The van der Waals surface area contributed by atoms with E-state index in [1.165, 1.54) is 21.5 Å². The summed E-state index contributed by atoms with van der Waals surface area (Å²) in [4.78, 5) is 0. The number of aliphatic hydroxyl groups is 1. The minimum absolute atomic E-state index is 0.152. The van der Waals surface area contributed by atoms with Crippen molar-refractivity contribution >= 4 is 10.2 Å². The molecule has 1 saturated carbocycles. The zero-order valence-corrected chi connectivity index (χ0v) is 13.0. The van der Waals surface area contributed by atoms with Crippen LogP contribution in [0.5, 0.6) is 0 Å². The molecule has 1 N–H and O–H groups in total. The number of likely N-dealkylation sites (N-methyl/N-ethyl adjacent to an activating group) is 1. The topological polar surface area (TPSA) is 70.1 Å². The molecule has 2 aliphatic rings. The lowest BCUT2D eigenvalue weighted by Crippen LogP contribution is -2.46. The van der Waals surface area contributed by atoms with Gasteiger partial charge in [-0.15, -0.1) is 0 Å². The first-order chi connectivity index (χ1) is 9.54. The standard InChI is InChI=1S/C13H26N2O4S/c1-14(8-9-19-11-13-2-3-13)20(17,18)15-6-4-12(10-16)5-7-15/h12-13,16H,2-11H2,1H3. The summed E-state index contributed by atoms with van der Waals surface area (Å²) in [6.07, 6.45) is 3.96. The maximum absolute atomic E-state index is 12.4. The van der Waals surface area contributed by atoms with E-state index >= 15 is 0 Å². The van der Waals surface area contributed by atoms with Crippen LogP contribution in [0.4, 0.5) is 0 Å². The highest BCUT2D eigenvalue weighted by molar-refractivity contribution is 7.86. The molecule has 118 valence electrons. The first-order valence-corrected chi connectivity index (χ1v) is 8.83. The minimum Gasteiger partial charge on any atom is -0.396 e. The molecule has 1 saturated heterocycles. The van der Waals surface area contributed by atoms with E-state index in [2.05, 4.69) is 0 Å². The summed E-state index contributed by atoms with van der Waals surface area (Å²) in [5, 5.41) is 9.09. The van der Waals surface area contributed by atoms with Crippen LogP contribution >= 0.6 is 0 Å². The summed E-state index contributed by atoms with van der Waals surface area (Å²) in [6, 6.07) is 0. The Bertz CT molecular complexity index is 389. The van der Waals surface area contributed by atoms with Crippen LogP contribution < -0.4 is 0 Å². The molecule has 0 aromatic rings. The zero-order valence-electron chi connectivity index (χ0n) is 12.2. The van der Waals surface area contributed by atoms with Crippen LogP contribution in [0.25, 0.3) is 0 Å². The second kappa shape index (κ2) is 7.17. The van der Waals surface area contributed by atoms with Gasteiger partial charge >= 0.3 is 0 Å². The van der Waals surface area contributed by atoms with Gasteiger partial charge in [0.25, 0.3) is 10.2 Å². The molecule has 2 rings (SSSR count). The molecule has 2 fully saturated rings. The van der Waals surface area contributed by atoms with E-state index in [1.54, 1.807) is 7.05 Å². The molecule has 20 heavy (non-hydrogen) atoms. The molecule has 0 aromatic heterocycles. The molecule has 6 nitrogen and oxygen atoms in total. The second-order valence-corrected chi connectivity index (χ2v) is 7.91. The Labute approximate surface area is 121 Å². The van der Waals surface area contributed by atoms with E-state index in [0.29, 0.717) is 32.2 Å². The molecule has 0 bridgehead atoms. The van der Waals surface area contributed by atoms with Crippen LogP contribution in [0.3, 0.4) is 0 Å². The van der Waals surface area contributed by atoms with Gasteiger partial charge in [-0.05, 0) is 37.5 Å². The van der Waals surface area contributed by atoms with Crippen LogP contribution in [0.1, 0.15) is 25.7 Å². The zero-order chi connectivity index (χ0) is 14.6. The van der Waals surface area contributed by atoms with Gasteiger partial charge in [-0.25, -0.2) is 0 Å². The smallest absolute Gasteiger partial charge is 0.281 e. The molecule has 1 heterocycles. The van der Waals surface area contributed by atoms with Crippen molar-refractivity contribution < 1.29 is 18.3 Å². The van der Waals surface area contributed by atoms with E-state index in [0.717, 1.165) is 19.4 Å². The highest BCUT2D eigenvalue weighted by Gasteiger charge is 2.30. The monoisotopic (exact) mass is 306 g/mol. The lowest BCUT2D eigenvalue weighted by molar-refractivity contribution is 0.115. The van der Waals surface area contributed by atoms with Crippen LogP contribution in [-0.4, -0.2) is 68.6 Å². The van der Waals surface area contributed by atoms with Gasteiger partial charge in [0.1, 0.15) is 0 Å². The maximum Gasteiger partial charge on any atom is 0.281 e. The number of rotatable bonds is 8. The van der Waals surface area contributed by atoms with E-state index < -0.39 is 10.2 Å². The molecule has 7 heteroatoms. The van der Waals surface area contributed by atoms with Gasteiger partial charge in [0.05, 0.1) is 6.61 Å². The number of nitrogens with zero attached hydrogens (tertiary/aromatic N) is 2. The highest BCUT2D eigenvalue weighted by Crippen LogP contribution is 2.28. The van der Waals surface area contributed by atoms with Crippen molar-refractivity contribution in [2.45, 2.75) is 25.7 Å². The summed E-state index contributed by atoms with van der Waals surface area (Å²) >= 11 is 0. The van der Waals surface area contributed by atoms with Crippen LogP contribution in [0, 0.1) is 11.8 Å². The van der Waals surface area contributed by atoms with Crippen molar-refractivity contribution in [3.05, 3.63) is 0 Å². The van der Waals surface area contributed by atoms with Gasteiger partial charge in [-0.3, -0.25) is 0 Å². The molecule has 0 atom stereocenters. The van der Waals surface area contributed by atoms with E-state index in [9.17, 15) is 8.42 Å². The molecular weight excluding hydrogens is 280 g/mol. The first-order valence-electron chi connectivity index (χ1n) is 7.44. The average molecular weight is 306 g/mol. The largest absolute Gasteiger partial charge is 0.396 e. The third-order valence-electron chi connectivity index (χ3n) is 4.15. The fourth-order valence-electron chi connectivity index (χ4n) is 2.36. The predicted molar refractivity (Wildman–Crippen MR) is 76.5 cm³/mol. The van der Waals surface area contributed by atoms with Gasteiger partial charge < -0.3 is 9.84 Å². The number of ether oxygens (including phenoxy) is 1. The molecule has 0 unspecified atom stereocenters. The number of hydrogen-bond acceptors (Lipinski definition) is 4. The van der Waals surface area contributed by atoms with Gasteiger partial charge in [0.2, 0.25) is 0 Å². The molecule has 1 aliphatic heterocycles. The minimum atomic E-state index is -3.37. The van der Waals surface area contributed by atoms with E-state index in [4.69, 9.17) is 9.84 Å². The molecule has 0 radical (unpaired) electrons. The SMILES string of the molecule is CN(CCOCC1CC1)S(=O)(=O)N1CCC(CO)CC1. The van der Waals surface area contributed by atoms with Gasteiger partial charge in [-0.1, -0.05) is 0 Å². The highest BCUT2D eigenvalue weighted by atomic mass is 32.2. The Morgan fingerprint density at radius 2 is 1.85 bits per heavy atom. The van der Waals surface area contributed by atoms with Crippen LogP contribution in [-0.2, 0) is 14.9 Å². The summed E-state index contributed by atoms with van der Waals surface area (Å²) in [6.45, 7) is 2.77. The Morgan fingerprint density at radius 3 is 2.40 bits per heavy atom. The Hall–Kier alpha value is -0.210. The van der Waals surface area contributed by atoms with Crippen LogP contribution in [0.2, 0.25) is 0 Å². The number of hydrogen-bond donors (Lipinski definition) is 1. The summed E-state index contributed by atoms with van der Waals surface area (Å²) in [5.41, 5.74) is 0. The van der Waals surface area contributed by atoms with Crippen molar-refractivity contribution in [2.75, 3.05) is 46.5 Å². The summed E-state index contributed by atoms with van der Waals surface area (Å²) in [7, 11) is -1.77.